The van der Waals surface area contributed by atoms with E-state index in [1.54, 1.807) is 26.0 Å². The van der Waals surface area contributed by atoms with E-state index in [4.69, 9.17) is 34.0 Å². The first-order valence-corrected chi connectivity index (χ1v) is 5.04. The van der Waals surface area contributed by atoms with Crippen LogP contribution in [-0.2, 0) is 4.79 Å². The van der Waals surface area contributed by atoms with Crippen molar-refractivity contribution in [3.63, 3.8) is 0 Å². The molecule has 15 heavy (non-hydrogen) atoms. The van der Waals surface area contributed by atoms with Gasteiger partial charge in [0.1, 0.15) is 10.8 Å². The lowest BCUT2D eigenvalue weighted by atomic mass is 10.2. The number of amides is 1. The number of hydrogen-bond acceptors (Lipinski definition) is 2. The molecule has 1 amide bonds. The van der Waals surface area contributed by atoms with Gasteiger partial charge in [-0.3, -0.25) is 4.79 Å². The topological polar surface area (TPSA) is 63.3 Å². The number of carbonyl (C=O) groups is 1. The van der Waals surface area contributed by atoms with Gasteiger partial charge in [0.15, 0.2) is 0 Å². The third-order valence-electron chi connectivity index (χ3n) is 1.50. The zero-order chi connectivity index (χ0) is 12.0. The monoisotopic (exact) mass is 249 g/mol. The minimum atomic E-state index is -0.241. The molecule has 1 aromatic rings. The predicted molar refractivity (Wildman–Crippen MR) is 62.2 cm³/mol. The molecule has 0 aromatic heterocycles. The number of halogens is 2. The summed E-state index contributed by atoms with van der Waals surface area (Å²) < 4.78 is 0. The van der Waals surface area contributed by atoms with Gasteiger partial charge in [0, 0.05) is 5.92 Å². The van der Waals surface area contributed by atoms with Gasteiger partial charge in [0.2, 0.25) is 5.91 Å². The number of benzene rings is 1. The summed E-state index contributed by atoms with van der Waals surface area (Å²) in [6, 6.07) is 4.72. The highest BCUT2D eigenvalue weighted by atomic mass is 35.5. The molecule has 0 aliphatic heterocycles. The molecule has 5 heteroatoms. The Labute approximate surface area is 98.8 Å². The number of aromatic hydroxyl groups is 1. The maximum absolute atomic E-state index is 9.92. The van der Waals surface area contributed by atoms with Crippen molar-refractivity contribution < 1.29 is 9.90 Å². The smallest absolute Gasteiger partial charge is 0.219 e. The maximum atomic E-state index is 9.92. The van der Waals surface area contributed by atoms with E-state index < -0.39 is 0 Å². The first kappa shape index (κ1) is 14.1. The number of primary amides is 1. The van der Waals surface area contributed by atoms with E-state index in [2.05, 4.69) is 0 Å². The van der Waals surface area contributed by atoms with Crippen LogP contribution < -0.4 is 5.73 Å². The number of phenols is 1. The summed E-state index contributed by atoms with van der Waals surface area (Å²) in [7, 11) is 0. The fraction of sp³-hybridized carbons (Fsp3) is 0.300. The van der Waals surface area contributed by atoms with Gasteiger partial charge in [-0.2, -0.15) is 0 Å². The Hall–Kier alpha value is -0.930. The van der Waals surface area contributed by atoms with E-state index >= 15 is 0 Å². The second kappa shape index (κ2) is 6.53. The van der Waals surface area contributed by atoms with Crippen molar-refractivity contribution in [1.82, 2.24) is 0 Å². The van der Waals surface area contributed by atoms with Crippen LogP contribution in [0.15, 0.2) is 18.2 Å². The average Bonchev–Trinajstić information content (AvgIpc) is 2.15. The minimum Gasteiger partial charge on any atom is -0.506 e. The van der Waals surface area contributed by atoms with Gasteiger partial charge in [0.05, 0.1) is 5.02 Å². The third-order valence-corrected chi connectivity index (χ3v) is 2.31. The summed E-state index contributed by atoms with van der Waals surface area (Å²) in [5.74, 6) is -0.232. The number of carbonyl (C=O) groups excluding carboxylic acids is 1. The van der Waals surface area contributed by atoms with Crippen LogP contribution in [0.25, 0.3) is 0 Å². The number of phenolic OH excluding ortho intramolecular Hbond substituents is 1. The summed E-state index contributed by atoms with van der Waals surface area (Å²) >= 11 is 11.0. The van der Waals surface area contributed by atoms with Crippen molar-refractivity contribution in [2.24, 2.45) is 11.7 Å². The average molecular weight is 250 g/mol. The van der Waals surface area contributed by atoms with Gasteiger partial charge in [0.25, 0.3) is 0 Å². The molecule has 0 radical (unpaired) electrons. The maximum Gasteiger partial charge on any atom is 0.219 e. The van der Waals surface area contributed by atoms with Gasteiger partial charge >= 0.3 is 0 Å². The molecule has 3 nitrogen and oxygen atoms in total. The van der Waals surface area contributed by atoms with E-state index in [1.165, 1.54) is 6.07 Å². The number of nitrogens with two attached hydrogens (primary N) is 1. The van der Waals surface area contributed by atoms with Crippen LogP contribution in [0.4, 0.5) is 0 Å². The molecule has 0 spiro atoms. The quantitative estimate of drug-likeness (QED) is 0.804. The first-order chi connectivity index (χ1) is 6.86. The Morgan fingerprint density at radius 2 is 1.87 bits per heavy atom. The second-order valence-electron chi connectivity index (χ2n) is 3.13. The molecule has 0 saturated heterocycles. The lowest BCUT2D eigenvalue weighted by molar-refractivity contribution is -0.120. The molecule has 84 valence electrons. The molecule has 0 aliphatic rings. The SMILES string of the molecule is CC(C)C(N)=O.Oc1cccc(Cl)c1Cl. The van der Waals surface area contributed by atoms with Crippen LogP contribution >= 0.6 is 23.2 Å². The van der Waals surface area contributed by atoms with Crippen molar-refractivity contribution in [3.8, 4) is 5.75 Å². The Balaban J connectivity index is 0.000000288. The zero-order valence-electron chi connectivity index (χ0n) is 8.50. The van der Waals surface area contributed by atoms with Gasteiger partial charge < -0.3 is 10.8 Å². The molecule has 0 fully saturated rings. The Morgan fingerprint density at radius 3 is 2.13 bits per heavy atom. The summed E-state index contributed by atoms with van der Waals surface area (Å²) in [5.41, 5.74) is 4.80. The predicted octanol–water partition coefficient (Wildman–Crippen LogP) is 2.83. The van der Waals surface area contributed by atoms with Gasteiger partial charge in [-0.15, -0.1) is 0 Å². The van der Waals surface area contributed by atoms with Crippen LogP contribution in [0, 0.1) is 5.92 Å². The van der Waals surface area contributed by atoms with E-state index in [0.29, 0.717) is 5.02 Å². The van der Waals surface area contributed by atoms with E-state index in [-0.39, 0.29) is 22.6 Å². The van der Waals surface area contributed by atoms with Gasteiger partial charge in [-0.25, -0.2) is 0 Å². The lowest BCUT2D eigenvalue weighted by Gasteiger charge is -1.95. The van der Waals surface area contributed by atoms with Crippen LogP contribution in [-0.4, -0.2) is 11.0 Å². The molecule has 1 aromatic carbocycles. The molecule has 0 heterocycles. The van der Waals surface area contributed by atoms with Gasteiger partial charge in [-0.05, 0) is 12.1 Å². The molecule has 3 N–H and O–H groups in total. The standard InChI is InChI=1S/C6H4Cl2O.C4H9NO/c7-4-2-1-3-5(9)6(4)8;1-3(2)4(5)6/h1-3,9H;3H,1-2H3,(H2,5,6). The van der Waals surface area contributed by atoms with E-state index in [0.717, 1.165) is 0 Å². The Morgan fingerprint density at radius 1 is 1.40 bits per heavy atom. The molecular weight excluding hydrogens is 237 g/mol. The largest absolute Gasteiger partial charge is 0.506 e. The van der Waals surface area contributed by atoms with Crippen molar-refractivity contribution in [1.29, 1.82) is 0 Å². The molecule has 0 atom stereocenters. The van der Waals surface area contributed by atoms with Crippen LogP contribution in [0.2, 0.25) is 10.0 Å². The Bertz CT molecular complexity index is 320. The van der Waals surface area contributed by atoms with Crippen molar-refractivity contribution in [2.75, 3.05) is 0 Å². The summed E-state index contributed by atoms with van der Waals surface area (Å²) in [6.45, 7) is 3.53. The normalized spacial score (nSPS) is 9.40. The van der Waals surface area contributed by atoms with Crippen LogP contribution in [0.3, 0.4) is 0 Å². The molecule has 0 bridgehead atoms. The van der Waals surface area contributed by atoms with Crippen molar-refractivity contribution in [3.05, 3.63) is 28.2 Å². The van der Waals surface area contributed by atoms with Crippen molar-refractivity contribution >= 4 is 29.1 Å². The lowest BCUT2D eigenvalue weighted by Crippen LogP contribution is -2.17. The number of rotatable bonds is 1. The van der Waals surface area contributed by atoms with Gasteiger partial charge in [-0.1, -0.05) is 43.1 Å². The highest BCUT2D eigenvalue weighted by Crippen LogP contribution is 2.29. The van der Waals surface area contributed by atoms with E-state index in [9.17, 15) is 4.79 Å². The molecule has 0 unspecified atom stereocenters. The highest BCUT2D eigenvalue weighted by molar-refractivity contribution is 6.42. The van der Waals surface area contributed by atoms with E-state index in [1.807, 2.05) is 0 Å². The van der Waals surface area contributed by atoms with Crippen LogP contribution in [0.5, 0.6) is 5.75 Å². The second-order valence-corrected chi connectivity index (χ2v) is 3.92. The highest BCUT2D eigenvalue weighted by Gasteiger charge is 1.99. The fourth-order valence-corrected chi connectivity index (χ4v) is 0.788. The first-order valence-electron chi connectivity index (χ1n) is 4.28. The van der Waals surface area contributed by atoms with Crippen molar-refractivity contribution in [2.45, 2.75) is 13.8 Å². The molecule has 1 rings (SSSR count). The number of hydrogen-bond donors (Lipinski definition) is 2. The Kier molecular flexibility index (Phi) is 6.13. The molecular formula is C10H13Cl2NO2. The minimum absolute atomic E-state index is 0.00926. The fourth-order valence-electron chi connectivity index (χ4n) is 0.492. The molecule has 0 saturated carbocycles. The molecule has 0 aliphatic carbocycles. The third kappa shape index (κ3) is 5.50. The van der Waals surface area contributed by atoms with Crippen LogP contribution in [0.1, 0.15) is 13.8 Å². The summed E-state index contributed by atoms with van der Waals surface area (Å²) in [5, 5.41) is 9.46. The summed E-state index contributed by atoms with van der Waals surface area (Å²) in [6.07, 6.45) is 0. The zero-order valence-corrected chi connectivity index (χ0v) is 10.0. The summed E-state index contributed by atoms with van der Waals surface area (Å²) in [4.78, 5) is 9.92.